The number of carbonyl (C=O) groups excluding carboxylic acids is 3. The summed E-state index contributed by atoms with van der Waals surface area (Å²) in [5, 5.41) is 0.00336. The van der Waals surface area contributed by atoms with Gasteiger partial charge in [-0.15, -0.1) is 0 Å². The first-order valence-corrected chi connectivity index (χ1v) is 7.72. The van der Waals surface area contributed by atoms with E-state index in [1.54, 1.807) is 11.8 Å². The number of hydrogen-bond acceptors (Lipinski definition) is 5. The van der Waals surface area contributed by atoms with Gasteiger partial charge in [0.2, 0.25) is 0 Å². The standard InChI is InChI=1S/C13H21NO4S/c1-2-18-12(16)7-5-3-4-6-8-14-11(9-15)10-19-13(14)17/h9,11H,2-8,10H2,1H3/t11-/m0/s1. The monoisotopic (exact) mass is 287 g/mol. The second-order valence-electron chi connectivity index (χ2n) is 4.44. The van der Waals surface area contributed by atoms with E-state index in [0.717, 1.165) is 32.0 Å². The molecule has 0 N–H and O–H groups in total. The molecular weight excluding hydrogens is 266 g/mol. The molecule has 1 heterocycles. The largest absolute Gasteiger partial charge is 0.466 e. The van der Waals surface area contributed by atoms with Crippen molar-refractivity contribution < 1.29 is 19.1 Å². The van der Waals surface area contributed by atoms with Gasteiger partial charge < -0.3 is 14.4 Å². The molecule has 5 nitrogen and oxygen atoms in total. The third-order valence-electron chi connectivity index (χ3n) is 3.00. The highest BCUT2D eigenvalue weighted by Crippen LogP contribution is 2.23. The first-order valence-electron chi connectivity index (χ1n) is 6.73. The zero-order valence-electron chi connectivity index (χ0n) is 11.3. The number of rotatable bonds is 9. The summed E-state index contributed by atoms with van der Waals surface area (Å²) in [6.45, 7) is 2.86. The van der Waals surface area contributed by atoms with Crippen molar-refractivity contribution in [3.8, 4) is 0 Å². The number of carbonyl (C=O) groups is 3. The van der Waals surface area contributed by atoms with Crippen LogP contribution in [0.2, 0.25) is 0 Å². The molecule has 0 aromatic carbocycles. The molecule has 0 radical (unpaired) electrons. The number of hydrogen-bond donors (Lipinski definition) is 0. The van der Waals surface area contributed by atoms with Crippen molar-refractivity contribution in [3.63, 3.8) is 0 Å². The molecule has 1 aliphatic heterocycles. The summed E-state index contributed by atoms with van der Waals surface area (Å²) >= 11 is 1.21. The number of nitrogens with zero attached hydrogens (tertiary/aromatic N) is 1. The number of thioether (sulfide) groups is 1. The molecule has 0 aromatic heterocycles. The van der Waals surface area contributed by atoms with E-state index in [4.69, 9.17) is 4.74 Å². The van der Waals surface area contributed by atoms with Gasteiger partial charge in [-0.05, 0) is 19.8 Å². The minimum Gasteiger partial charge on any atom is -0.466 e. The molecule has 0 bridgehead atoms. The molecule has 0 spiro atoms. The van der Waals surface area contributed by atoms with Gasteiger partial charge in [0.15, 0.2) is 0 Å². The molecule has 0 aromatic rings. The van der Waals surface area contributed by atoms with Crippen LogP contribution in [0, 0.1) is 0 Å². The summed E-state index contributed by atoms with van der Waals surface area (Å²) in [4.78, 5) is 35.0. The number of esters is 1. The molecule has 0 aliphatic carbocycles. The van der Waals surface area contributed by atoms with Gasteiger partial charge in [0.05, 0.1) is 12.6 Å². The first kappa shape index (κ1) is 16.0. The molecule has 1 aliphatic rings. The lowest BCUT2D eigenvalue weighted by atomic mass is 10.1. The average Bonchev–Trinajstić information content (AvgIpc) is 2.75. The number of unbranched alkanes of at least 4 members (excludes halogenated alkanes) is 3. The van der Waals surface area contributed by atoms with Crippen LogP contribution in [-0.2, 0) is 14.3 Å². The molecule has 1 amide bonds. The molecule has 0 unspecified atom stereocenters. The van der Waals surface area contributed by atoms with Crippen molar-refractivity contribution in [3.05, 3.63) is 0 Å². The molecular formula is C13H21NO4S. The predicted octanol–water partition coefficient (Wildman–Crippen LogP) is 2.24. The maximum atomic E-state index is 11.5. The Labute approximate surface area is 118 Å². The van der Waals surface area contributed by atoms with Crippen LogP contribution in [0.1, 0.15) is 39.0 Å². The van der Waals surface area contributed by atoms with E-state index in [2.05, 4.69) is 0 Å². The van der Waals surface area contributed by atoms with Crippen LogP contribution in [0.5, 0.6) is 0 Å². The van der Waals surface area contributed by atoms with Gasteiger partial charge in [0, 0.05) is 18.7 Å². The third kappa shape index (κ3) is 5.63. The zero-order valence-corrected chi connectivity index (χ0v) is 12.1. The van der Waals surface area contributed by atoms with Crippen LogP contribution in [0.4, 0.5) is 4.79 Å². The average molecular weight is 287 g/mol. The maximum Gasteiger partial charge on any atom is 0.305 e. The fraction of sp³-hybridized carbons (Fsp3) is 0.769. The second kappa shape index (κ2) is 8.96. The predicted molar refractivity (Wildman–Crippen MR) is 74.1 cm³/mol. The first-order chi connectivity index (χ1) is 9.19. The van der Waals surface area contributed by atoms with Gasteiger partial charge in [-0.2, -0.15) is 0 Å². The molecule has 6 heteroatoms. The Hall–Kier alpha value is -1.04. The Bertz CT molecular complexity index is 322. The minimum absolute atomic E-state index is 0.00336. The van der Waals surface area contributed by atoms with Gasteiger partial charge in [0.1, 0.15) is 6.29 Å². The highest BCUT2D eigenvalue weighted by Gasteiger charge is 2.30. The van der Waals surface area contributed by atoms with E-state index in [9.17, 15) is 14.4 Å². The molecule has 1 atom stereocenters. The quantitative estimate of drug-likeness (QED) is 0.370. The lowest BCUT2D eigenvalue weighted by molar-refractivity contribution is -0.143. The van der Waals surface area contributed by atoms with Crippen LogP contribution in [0.3, 0.4) is 0 Å². The molecule has 108 valence electrons. The number of amides is 1. The molecule has 19 heavy (non-hydrogen) atoms. The van der Waals surface area contributed by atoms with Crippen LogP contribution < -0.4 is 0 Å². The zero-order chi connectivity index (χ0) is 14.1. The fourth-order valence-corrected chi connectivity index (χ4v) is 2.94. The summed E-state index contributed by atoms with van der Waals surface area (Å²) in [6.07, 6.45) is 4.90. The Kier molecular flexibility index (Phi) is 7.55. The Morgan fingerprint density at radius 2 is 2.16 bits per heavy atom. The smallest absolute Gasteiger partial charge is 0.305 e. The van der Waals surface area contributed by atoms with E-state index in [-0.39, 0.29) is 17.3 Å². The van der Waals surface area contributed by atoms with Crippen LogP contribution in [0.15, 0.2) is 0 Å². The molecule has 1 fully saturated rings. The van der Waals surface area contributed by atoms with Gasteiger partial charge >= 0.3 is 5.97 Å². The van der Waals surface area contributed by atoms with Crippen molar-refractivity contribution in [1.29, 1.82) is 0 Å². The number of ether oxygens (including phenoxy) is 1. The van der Waals surface area contributed by atoms with Crippen LogP contribution in [0.25, 0.3) is 0 Å². The van der Waals surface area contributed by atoms with Crippen LogP contribution >= 0.6 is 11.8 Å². The van der Waals surface area contributed by atoms with Gasteiger partial charge in [-0.25, -0.2) is 0 Å². The normalized spacial score (nSPS) is 18.7. The van der Waals surface area contributed by atoms with E-state index in [1.165, 1.54) is 11.8 Å². The van der Waals surface area contributed by atoms with Crippen LogP contribution in [-0.4, -0.2) is 47.3 Å². The van der Waals surface area contributed by atoms with Gasteiger partial charge in [0.25, 0.3) is 5.24 Å². The van der Waals surface area contributed by atoms with Crippen molar-refractivity contribution in [2.24, 2.45) is 0 Å². The lowest BCUT2D eigenvalue weighted by Gasteiger charge is -2.19. The second-order valence-corrected chi connectivity index (χ2v) is 5.41. The Morgan fingerprint density at radius 3 is 2.84 bits per heavy atom. The van der Waals surface area contributed by atoms with E-state index in [1.807, 2.05) is 0 Å². The van der Waals surface area contributed by atoms with Crippen molar-refractivity contribution in [1.82, 2.24) is 4.90 Å². The summed E-state index contributed by atoms with van der Waals surface area (Å²) in [6, 6.07) is -0.253. The number of aldehydes is 1. The van der Waals surface area contributed by atoms with Crippen molar-refractivity contribution >= 4 is 29.3 Å². The minimum atomic E-state index is -0.253. The lowest BCUT2D eigenvalue weighted by Crippen LogP contribution is -2.35. The van der Waals surface area contributed by atoms with E-state index < -0.39 is 0 Å². The SMILES string of the molecule is CCOC(=O)CCCCCCN1C(=O)SC[C@@H]1C=O. The molecule has 1 rings (SSSR count). The summed E-state index contributed by atoms with van der Waals surface area (Å²) in [5.74, 6) is 0.431. The molecule has 1 saturated heterocycles. The van der Waals surface area contributed by atoms with Crippen molar-refractivity contribution in [2.45, 2.75) is 45.1 Å². The summed E-state index contributed by atoms with van der Waals surface area (Å²) in [7, 11) is 0. The van der Waals surface area contributed by atoms with Gasteiger partial charge in [-0.1, -0.05) is 24.6 Å². The van der Waals surface area contributed by atoms with Gasteiger partial charge in [-0.3, -0.25) is 9.59 Å². The maximum absolute atomic E-state index is 11.5. The van der Waals surface area contributed by atoms with E-state index in [0.29, 0.717) is 25.3 Å². The Morgan fingerprint density at radius 1 is 1.42 bits per heavy atom. The topological polar surface area (TPSA) is 63.7 Å². The third-order valence-corrected chi connectivity index (χ3v) is 3.99. The fourth-order valence-electron chi connectivity index (χ4n) is 1.97. The summed E-state index contributed by atoms with van der Waals surface area (Å²) in [5.41, 5.74) is 0. The van der Waals surface area contributed by atoms with E-state index >= 15 is 0 Å². The highest BCUT2D eigenvalue weighted by molar-refractivity contribution is 8.13. The Balaban J connectivity index is 2.06. The highest BCUT2D eigenvalue weighted by atomic mass is 32.2. The van der Waals surface area contributed by atoms with Crippen molar-refractivity contribution in [2.75, 3.05) is 18.9 Å². The summed E-state index contributed by atoms with van der Waals surface area (Å²) < 4.78 is 4.84. The molecule has 0 saturated carbocycles.